The Labute approximate surface area is 153 Å². The van der Waals surface area contributed by atoms with E-state index in [-0.39, 0.29) is 18.4 Å². The van der Waals surface area contributed by atoms with Crippen molar-refractivity contribution in [2.24, 2.45) is 0 Å². The number of hydrogen-bond donors (Lipinski definition) is 1. The third kappa shape index (κ3) is 4.09. The normalized spacial score (nSPS) is 10.2. The van der Waals surface area contributed by atoms with E-state index in [0.717, 1.165) is 33.5 Å². The second kappa shape index (κ2) is 7.99. The average molecular weight is 357 g/mol. The quantitative estimate of drug-likeness (QED) is 0.653. The van der Waals surface area contributed by atoms with Crippen LogP contribution in [0.25, 0.3) is 10.9 Å². The number of ether oxygens (including phenoxy) is 1. The Morgan fingerprint density at radius 3 is 2.64 bits per heavy atom. The van der Waals surface area contributed by atoms with Crippen molar-refractivity contribution in [2.45, 2.75) is 20.8 Å². The summed E-state index contributed by atoms with van der Waals surface area (Å²) in [5.41, 5.74) is 5.42. The van der Waals surface area contributed by atoms with Crippen LogP contribution in [0.2, 0.25) is 0 Å². The Kier molecular flexibility index (Phi) is 5.99. The van der Waals surface area contributed by atoms with Crippen molar-refractivity contribution in [3.05, 3.63) is 65.4 Å². The fourth-order valence-corrected chi connectivity index (χ4v) is 2.72. The number of pyridine rings is 1. The molecule has 0 unspecified atom stereocenters. The zero-order chi connectivity index (χ0) is 17.1. The molecule has 0 aliphatic heterocycles. The summed E-state index contributed by atoms with van der Waals surface area (Å²) >= 11 is 0. The van der Waals surface area contributed by atoms with E-state index >= 15 is 0 Å². The largest absolute Gasteiger partial charge is 0.462 e. The Bertz CT molecular complexity index is 909. The summed E-state index contributed by atoms with van der Waals surface area (Å²) in [7, 11) is 0. The van der Waals surface area contributed by atoms with Gasteiger partial charge in [-0.15, -0.1) is 12.4 Å². The number of nitrogens with zero attached hydrogens (tertiary/aromatic N) is 1. The van der Waals surface area contributed by atoms with E-state index in [1.165, 1.54) is 0 Å². The lowest BCUT2D eigenvalue weighted by Gasteiger charge is -2.13. The molecule has 0 amide bonds. The maximum atomic E-state index is 11.9. The lowest BCUT2D eigenvalue weighted by Crippen LogP contribution is -2.05. The van der Waals surface area contributed by atoms with Gasteiger partial charge in [0.1, 0.15) is 0 Å². The van der Waals surface area contributed by atoms with E-state index in [4.69, 9.17) is 4.74 Å². The van der Waals surface area contributed by atoms with Crippen molar-refractivity contribution in [1.82, 2.24) is 4.98 Å². The number of rotatable bonds is 4. The molecule has 0 saturated carbocycles. The van der Waals surface area contributed by atoms with Gasteiger partial charge < -0.3 is 10.1 Å². The van der Waals surface area contributed by atoms with E-state index in [0.29, 0.717) is 12.2 Å². The summed E-state index contributed by atoms with van der Waals surface area (Å²) in [6.07, 6.45) is 0. The summed E-state index contributed by atoms with van der Waals surface area (Å²) in [5, 5.41) is 4.46. The summed E-state index contributed by atoms with van der Waals surface area (Å²) in [6, 6.07) is 15.5. The van der Waals surface area contributed by atoms with E-state index in [1.54, 1.807) is 19.1 Å². The maximum Gasteiger partial charge on any atom is 0.338 e. The highest BCUT2D eigenvalue weighted by atomic mass is 35.5. The molecule has 0 aliphatic carbocycles. The monoisotopic (exact) mass is 356 g/mol. The molecule has 1 aromatic heterocycles. The van der Waals surface area contributed by atoms with Crippen molar-refractivity contribution < 1.29 is 9.53 Å². The molecule has 5 heteroatoms. The van der Waals surface area contributed by atoms with E-state index < -0.39 is 0 Å². The third-order valence-electron chi connectivity index (χ3n) is 3.82. The number of fused-ring (bicyclic) bond motifs is 1. The Morgan fingerprint density at radius 2 is 1.88 bits per heavy atom. The zero-order valence-electron chi connectivity index (χ0n) is 14.5. The third-order valence-corrected chi connectivity index (χ3v) is 3.82. The minimum Gasteiger partial charge on any atom is -0.462 e. The minimum absolute atomic E-state index is 0. The van der Waals surface area contributed by atoms with E-state index in [2.05, 4.69) is 23.3 Å². The van der Waals surface area contributed by atoms with Gasteiger partial charge >= 0.3 is 5.97 Å². The first kappa shape index (κ1) is 18.7. The molecular formula is C20H21ClN2O2. The molecule has 3 aromatic rings. The molecule has 1 heterocycles. The van der Waals surface area contributed by atoms with Gasteiger partial charge in [0.25, 0.3) is 0 Å². The van der Waals surface area contributed by atoms with Crippen LogP contribution in [0.4, 0.5) is 11.4 Å². The highest BCUT2D eigenvalue weighted by molar-refractivity contribution is 5.96. The van der Waals surface area contributed by atoms with Crippen molar-refractivity contribution in [3.63, 3.8) is 0 Å². The summed E-state index contributed by atoms with van der Waals surface area (Å²) < 4.78 is 5.06. The molecule has 3 rings (SSSR count). The lowest BCUT2D eigenvalue weighted by atomic mass is 10.1. The molecule has 2 aromatic carbocycles. The van der Waals surface area contributed by atoms with E-state index in [1.807, 2.05) is 37.3 Å². The Balaban J connectivity index is 0.00000225. The second-order valence-electron chi connectivity index (χ2n) is 5.71. The van der Waals surface area contributed by atoms with Gasteiger partial charge in [-0.3, -0.25) is 4.98 Å². The molecule has 1 N–H and O–H groups in total. The second-order valence-corrected chi connectivity index (χ2v) is 5.71. The number of aromatic nitrogens is 1. The molecule has 130 valence electrons. The van der Waals surface area contributed by atoms with Crippen LogP contribution < -0.4 is 5.32 Å². The SMILES string of the molecule is CCOC(=O)c1cccc(Nc2cc(C)nc3c(C)cccc23)c1.Cl. The van der Waals surface area contributed by atoms with Gasteiger partial charge in [-0.1, -0.05) is 24.3 Å². The molecule has 0 fully saturated rings. The van der Waals surface area contributed by atoms with Crippen LogP contribution in [0.5, 0.6) is 0 Å². The topological polar surface area (TPSA) is 51.2 Å². The fraction of sp³-hybridized carbons (Fsp3) is 0.200. The highest BCUT2D eigenvalue weighted by Crippen LogP contribution is 2.28. The number of benzene rings is 2. The van der Waals surface area contributed by atoms with Crippen LogP contribution in [0.3, 0.4) is 0 Å². The standard InChI is InChI=1S/C20H20N2O2.ClH/c1-4-24-20(23)15-8-6-9-16(12-15)22-18-11-14(3)21-19-13(2)7-5-10-17(18)19;/h5-12H,4H2,1-3H3,(H,21,22);1H. The number of carbonyl (C=O) groups excluding carboxylic acids is 1. The number of hydrogen-bond acceptors (Lipinski definition) is 4. The zero-order valence-corrected chi connectivity index (χ0v) is 15.3. The highest BCUT2D eigenvalue weighted by Gasteiger charge is 2.09. The molecule has 0 radical (unpaired) electrons. The molecule has 25 heavy (non-hydrogen) atoms. The predicted molar refractivity (Wildman–Crippen MR) is 104 cm³/mol. The van der Waals surface area contributed by atoms with Crippen LogP contribution in [-0.4, -0.2) is 17.6 Å². The van der Waals surface area contributed by atoms with Crippen molar-refractivity contribution in [1.29, 1.82) is 0 Å². The summed E-state index contributed by atoms with van der Waals surface area (Å²) in [5.74, 6) is -0.312. The van der Waals surface area contributed by atoms with Gasteiger partial charge in [0.15, 0.2) is 0 Å². The average Bonchev–Trinajstić information content (AvgIpc) is 2.56. The van der Waals surface area contributed by atoms with Crippen molar-refractivity contribution >= 4 is 40.7 Å². The summed E-state index contributed by atoms with van der Waals surface area (Å²) in [4.78, 5) is 16.5. The molecule has 0 bridgehead atoms. The van der Waals surface area contributed by atoms with Crippen LogP contribution in [0, 0.1) is 13.8 Å². The lowest BCUT2D eigenvalue weighted by molar-refractivity contribution is 0.0526. The van der Waals surface area contributed by atoms with Crippen molar-refractivity contribution in [2.75, 3.05) is 11.9 Å². The first-order chi connectivity index (χ1) is 11.6. The van der Waals surface area contributed by atoms with Gasteiger partial charge in [0.2, 0.25) is 0 Å². The predicted octanol–water partition coefficient (Wildman–Crippen LogP) is 5.19. The number of halogens is 1. The van der Waals surface area contributed by atoms with Gasteiger partial charge in [0.05, 0.1) is 17.7 Å². The van der Waals surface area contributed by atoms with Crippen LogP contribution >= 0.6 is 12.4 Å². The van der Waals surface area contributed by atoms with Crippen LogP contribution in [0.15, 0.2) is 48.5 Å². The molecule has 0 saturated heterocycles. The number of para-hydroxylation sites is 1. The van der Waals surface area contributed by atoms with Crippen LogP contribution in [-0.2, 0) is 4.74 Å². The number of anilines is 2. The van der Waals surface area contributed by atoms with E-state index in [9.17, 15) is 4.79 Å². The number of nitrogens with one attached hydrogen (secondary N) is 1. The molecular weight excluding hydrogens is 336 g/mol. The van der Waals surface area contributed by atoms with Gasteiger partial charge in [-0.25, -0.2) is 4.79 Å². The fourth-order valence-electron chi connectivity index (χ4n) is 2.72. The molecule has 4 nitrogen and oxygen atoms in total. The number of carbonyl (C=O) groups is 1. The van der Waals surface area contributed by atoms with Crippen LogP contribution in [0.1, 0.15) is 28.5 Å². The first-order valence-corrected chi connectivity index (χ1v) is 7.99. The Hall–Kier alpha value is -2.59. The smallest absolute Gasteiger partial charge is 0.338 e. The molecule has 0 spiro atoms. The minimum atomic E-state index is -0.312. The van der Waals surface area contributed by atoms with Gasteiger partial charge in [0, 0.05) is 22.5 Å². The Morgan fingerprint density at radius 1 is 1.12 bits per heavy atom. The first-order valence-electron chi connectivity index (χ1n) is 7.99. The molecule has 0 atom stereocenters. The number of aryl methyl sites for hydroxylation is 2. The number of esters is 1. The van der Waals surface area contributed by atoms with Gasteiger partial charge in [-0.2, -0.15) is 0 Å². The van der Waals surface area contributed by atoms with Crippen molar-refractivity contribution in [3.8, 4) is 0 Å². The van der Waals surface area contributed by atoms with Gasteiger partial charge in [-0.05, 0) is 50.6 Å². The maximum absolute atomic E-state index is 11.9. The summed E-state index contributed by atoms with van der Waals surface area (Å²) in [6.45, 7) is 6.20. The molecule has 0 aliphatic rings.